The largest absolute Gasteiger partial charge is 0.463 e. The van der Waals surface area contributed by atoms with E-state index in [4.69, 9.17) is 75.8 Å². The molecule has 3 saturated heterocycles. The molecule has 2 N–H and O–H groups in total. The van der Waals surface area contributed by atoms with Crippen LogP contribution in [0.15, 0.2) is 273 Å². The maximum atomic E-state index is 14.9. The summed E-state index contributed by atoms with van der Waals surface area (Å²) in [4.78, 5) is 70.3. The highest BCUT2D eigenvalue weighted by Gasteiger charge is 2.57. The van der Waals surface area contributed by atoms with Gasteiger partial charge in [0.05, 0.1) is 69.5 Å². The zero-order chi connectivity index (χ0) is 76.1. The number of amides is 1. The van der Waals surface area contributed by atoms with Gasteiger partial charge in [0, 0.05) is 13.5 Å². The molecule has 23 heteroatoms. The van der Waals surface area contributed by atoms with Crippen LogP contribution in [0.5, 0.6) is 0 Å². The second-order valence-electron chi connectivity index (χ2n) is 26.3. The predicted molar refractivity (Wildman–Crippen MR) is 398 cm³/mol. The van der Waals surface area contributed by atoms with Crippen LogP contribution in [-0.2, 0) is 120 Å². The van der Waals surface area contributed by atoms with Crippen molar-refractivity contribution in [3.63, 3.8) is 0 Å². The molecule has 3 aliphatic heterocycles. The van der Waals surface area contributed by atoms with Gasteiger partial charge in [-0.2, -0.15) is 0 Å². The van der Waals surface area contributed by atoms with E-state index in [1.165, 1.54) is 19.1 Å². The molecule has 0 unspecified atom stereocenters. The first-order valence-corrected chi connectivity index (χ1v) is 36.6. The average molecular weight is 1500 g/mol. The van der Waals surface area contributed by atoms with Crippen molar-refractivity contribution in [3.8, 4) is 0 Å². The lowest BCUT2D eigenvalue weighted by Crippen LogP contribution is -2.67. The van der Waals surface area contributed by atoms with E-state index in [9.17, 15) is 29.1 Å². The van der Waals surface area contributed by atoms with E-state index < -0.39 is 135 Å². The Labute approximate surface area is 638 Å². The van der Waals surface area contributed by atoms with Gasteiger partial charge in [-0.15, -0.1) is 0 Å². The second kappa shape index (κ2) is 41.4. The number of alkyl carbamates (subject to hydrolysis) is 1. The Morgan fingerprint density at radius 1 is 0.336 bits per heavy atom. The van der Waals surface area contributed by atoms with Crippen LogP contribution in [0.4, 0.5) is 4.79 Å². The molecule has 15 atom stereocenters. The molecular weight excluding hydrogens is 1410 g/mol. The lowest BCUT2D eigenvalue weighted by Gasteiger charge is -2.49. The number of carbonyl (C=O) groups is 5. The Balaban J connectivity index is 0.936. The fourth-order valence-corrected chi connectivity index (χ4v) is 12.8. The molecule has 574 valence electrons. The van der Waals surface area contributed by atoms with Crippen LogP contribution in [-0.4, -0.2) is 160 Å². The van der Waals surface area contributed by atoms with Gasteiger partial charge in [0.2, 0.25) is 0 Å². The Morgan fingerprint density at radius 3 is 1.09 bits per heavy atom. The first-order valence-electron chi connectivity index (χ1n) is 36.6. The summed E-state index contributed by atoms with van der Waals surface area (Å²) in [6.45, 7) is -0.0445. The minimum absolute atomic E-state index is 0.0105. The zero-order valence-corrected chi connectivity index (χ0v) is 60.6. The van der Waals surface area contributed by atoms with Gasteiger partial charge in [-0.25, -0.2) is 19.2 Å². The number of nitrogens with one attached hydrogen (secondary N) is 1. The molecule has 3 heterocycles. The van der Waals surface area contributed by atoms with E-state index in [1.54, 1.807) is 78.9 Å². The topological polar surface area (TPSA) is 265 Å². The van der Waals surface area contributed by atoms with Gasteiger partial charge >= 0.3 is 30.0 Å². The molecule has 23 nitrogen and oxygen atoms in total. The molecule has 0 aromatic heterocycles. The maximum absolute atomic E-state index is 14.9. The van der Waals surface area contributed by atoms with Gasteiger partial charge in [-0.1, -0.05) is 237 Å². The van der Waals surface area contributed by atoms with E-state index in [2.05, 4.69) is 5.32 Å². The van der Waals surface area contributed by atoms with Crippen molar-refractivity contribution in [2.24, 2.45) is 0 Å². The monoisotopic (exact) mass is 1500 g/mol. The molecule has 0 radical (unpaired) electrons. The van der Waals surface area contributed by atoms with Crippen LogP contribution >= 0.6 is 0 Å². The summed E-state index contributed by atoms with van der Waals surface area (Å²) in [5.74, 6) is -3.14. The van der Waals surface area contributed by atoms with Gasteiger partial charge in [0.15, 0.2) is 37.2 Å². The third-order valence-corrected chi connectivity index (χ3v) is 18.3. The summed E-state index contributed by atoms with van der Waals surface area (Å²) >= 11 is 0. The number of benzene rings is 9. The molecule has 3 aliphatic rings. The third-order valence-electron chi connectivity index (χ3n) is 18.3. The molecule has 0 saturated carbocycles. The third kappa shape index (κ3) is 23.1. The van der Waals surface area contributed by atoms with Crippen LogP contribution in [0.3, 0.4) is 0 Å². The van der Waals surface area contributed by atoms with Gasteiger partial charge in [0.1, 0.15) is 68.1 Å². The Bertz CT molecular complexity index is 4220. The lowest BCUT2D eigenvalue weighted by atomic mass is 9.95. The number of hydrogen-bond acceptors (Lipinski definition) is 22. The van der Waals surface area contributed by atoms with E-state index >= 15 is 0 Å². The Hall–Kier alpha value is -10.4. The lowest BCUT2D eigenvalue weighted by molar-refractivity contribution is -0.370. The molecule has 9 aromatic carbocycles. The van der Waals surface area contributed by atoms with Crippen LogP contribution in [0.25, 0.3) is 0 Å². The van der Waals surface area contributed by atoms with E-state index in [-0.39, 0.29) is 82.5 Å². The minimum Gasteiger partial charge on any atom is -0.463 e. The number of esters is 4. The summed E-state index contributed by atoms with van der Waals surface area (Å²) in [5, 5.41) is 16.3. The standard InChI is InChI=1S/C87H89NO22/c1-59(89)97-58-71-74(99-52-62-34-15-4-16-35-62)76(100-53-63-36-17-5-18-37-63)79(108-82(92)67-44-25-9-26-45-67)85(105-71)102-57-69-72(90)75(78(107-81(91)66-42-23-8-24-43-66)84(104-69)96-49-29-48-88-87(94)103-55-65-40-21-7-22-41-65)110-86-80(109-83(93)68-46-27-10-28-47-68)77(101-54-64-38-19-6-20-39-64)73(98-51-61-32-13-3-14-33-61)70(106-86)56-95-50-60-30-11-2-12-31-60/h2-28,30-47,69-80,84-86,90H,29,48-58H2,1H3,(H,88,94)/t69-,70-,71-,72-,73-,74-,75+,76+,77+,78-,79-,80-,84-,85-,86+/m1/s1. The molecule has 0 aliphatic carbocycles. The molecule has 110 heavy (non-hydrogen) atoms. The SMILES string of the molecule is CC(=O)OC[C@H]1O[C@@H](OC[C@H]2O[C@@H](OCCCNC(=O)OCc3ccccc3)[C@H](OC(=O)c3ccccc3)[C@@H](O[C@@H]3O[C@H](COCc4ccccc4)[C@@H](OCc4ccccc4)[C@H](OCc4ccccc4)[C@H]3OC(=O)c3ccccc3)[C@@H]2O)[C@H](OC(=O)c2ccccc2)[C@@H](OCc2ccccc2)[C@@H]1OCc1ccccc1. The summed E-state index contributed by atoms with van der Waals surface area (Å²) < 4.78 is 106. The van der Waals surface area contributed by atoms with Gasteiger partial charge < -0.3 is 86.2 Å². The van der Waals surface area contributed by atoms with Gasteiger partial charge in [-0.05, 0) is 76.2 Å². The highest BCUT2D eigenvalue weighted by molar-refractivity contribution is 5.90. The van der Waals surface area contributed by atoms with E-state index in [0.29, 0.717) is 0 Å². The van der Waals surface area contributed by atoms with Crippen molar-refractivity contribution in [1.29, 1.82) is 0 Å². The van der Waals surface area contributed by atoms with Crippen molar-refractivity contribution in [2.45, 2.75) is 145 Å². The molecule has 3 fully saturated rings. The number of carbonyl (C=O) groups excluding carboxylic acids is 5. The fraction of sp³-hybridized carbons (Fsp3) is 0.322. The van der Waals surface area contributed by atoms with Gasteiger partial charge in [-0.3, -0.25) is 4.79 Å². The number of aliphatic hydroxyl groups is 1. The van der Waals surface area contributed by atoms with E-state index in [0.717, 1.165) is 33.4 Å². The Kier molecular flexibility index (Phi) is 29.8. The molecule has 0 spiro atoms. The first kappa shape index (κ1) is 79.2. The van der Waals surface area contributed by atoms with Crippen molar-refractivity contribution in [1.82, 2.24) is 5.32 Å². The molecule has 1 amide bonds. The predicted octanol–water partition coefficient (Wildman–Crippen LogP) is 12.1. The van der Waals surface area contributed by atoms with Crippen LogP contribution in [0.1, 0.15) is 77.8 Å². The molecule has 12 rings (SSSR count). The van der Waals surface area contributed by atoms with E-state index in [1.807, 2.05) is 182 Å². The van der Waals surface area contributed by atoms with Crippen LogP contribution in [0, 0.1) is 0 Å². The maximum Gasteiger partial charge on any atom is 0.407 e. The summed E-state index contributed by atoms with van der Waals surface area (Å²) in [6.07, 6.45) is -22.9. The first-order chi connectivity index (χ1) is 54.0. The zero-order valence-electron chi connectivity index (χ0n) is 60.6. The van der Waals surface area contributed by atoms with Crippen molar-refractivity contribution in [2.75, 3.05) is 33.0 Å². The smallest absolute Gasteiger partial charge is 0.407 e. The van der Waals surface area contributed by atoms with Crippen LogP contribution in [0.2, 0.25) is 0 Å². The highest BCUT2D eigenvalue weighted by atomic mass is 16.8. The number of hydrogen-bond donors (Lipinski definition) is 2. The minimum atomic E-state index is -1.94. The number of aliphatic hydroxyl groups excluding tert-OH is 1. The molecule has 0 bridgehead atoms. The average Bonchev–Trinajstić information content (AvgIpc) is 0.770. The van der Waals surface area contributed by atoms with Crippen LogP contribution < -0.4 is 5.32 Å². The molecule has 9 aromatic rings. The Morgan fingerprint density at radius 2 is 0.673 bits per heavy atom. The normalized spacial score (nSPS) is 23.7. The van der Waals surface area contributed by atoms with Crippen molar-refractivity contribution in [3.05, 3.63) is 323 Å². The second-order valence-corrected chi connectivity index (χ2v) is 26.3. The summed E-state index contributed by atoms with van der Waals surface area (Å²) in [5.41, 5.74) is 5.11. The number of ether oxygens (including phenoxy) is 16. The summed E-state index contributed by atoms with van der Waals surface area (Å²) in [6, 6.07) is 80.7. The number of rotatable bonds is 36. The summed E-state index contributed by atoms with van der Waals surface area (Å²) in [7, 11) is 0. The van der Waals surface area contributed by atoms with Crippen molar-refractivity contribution < 1.29 is 105 Å². The fourth-order valence-electron chi connectivity index (χ4n) is 12.8. The highest BCUT2D eigenvalue weighted by Crippen LogP contribution is 2.38. The quantitative estimate of drug-likeness (QED) is 0.0210. The van der Waals surface area contributed by atoms with Crippen molar-refractivity contribution >= 4 is 30.0 Å². The van der Waals surface area contributed by atoms with Gasteiger partial charge in [0.25, 0.3) is 0 Å². The molecular formula is C87H89NO22.